The highest BCUT2D eigenvalue weighted by Crippen LogP contribution is 2.44. The Hall–Kier alpha value is -3.27. The second-order valence-corrected chi connectivity index (χ2v) is 9.50. The minimum Gasteiger partial charge on any atom is -0.364 e. The number of aromatic nitrogens is 3. The Kier molecular flexibility index (Phi) is 5.40. The highest BCUT2D eigenvalue weighted by Gasteiger charge is 2.51. The van der Waals surface area contributed by atoms with Gasteiger partial charge >= 0.3 is 0 Å². The minimum atomic E-state index is -0.643. The molecule has 1 saturated heterocycles. The number of primary amides is 1. The summed E-state index contributed by atoms with van der Waals surface area (Å²) in [6, 6.07) is 10.3. The molecule has 0 spiro atoms. The molecular formula is C23H23BrN6O3. The van der Waals surface area contributed by atoms with E-state index in [0.29, 0.717) is 33.7 Å². The zero-order chi connectivity index (χ0) is 23.3. The zero-order valence-electron chi connectivity index (χ0n) is 18.0. The van der Waals surface area contributed by atoms with Crippen LogP contribution < -0.4 is 11.1 Å². The molecule has 33 heavy (non-hydrogen) atoms. The first-order chi connectivity index (χ1) is 15.8. The van der Waals surface area contributed by atoms with E-state index in [0.717, 1.165) is 18.4 Å². The number of aryl methyl sites for hydroxylation is 1. The van der Waals surface area contributed by atoms with Gasteiger partial charge in [0.2, 0.25) is 11.8 Å². The third kappa shape index (κ3) is 3.88. The number of nitrogens with zero attached hydrogens (tertiary/aromatic N) is 4. The van der Waals surface area contributed by atoms with Crippen LogP contribution in [0.3, 0.4) is 0 Å². The van der Waals surface area contributed by atoms with Crippen LogP contribution in [-0.4, -0.2) is 49.5 Å². The molecule has 1 aliphatic heterocycles. The Bertz CT molecular complexity index is 1290. The summed E-state index contributed by atoms with van der Waals surface area (Å²) in [6.07, 6.45) is 2.51. The smallest absolute Gasteiger partial charge is 0.269 e. The van der Waals surface area contributed by atoms with Gasteiger partial charge in [-0.3, -0.25) is 19.1 Å². The van der Waals surface area contributed by atoms with Crippen LogP contribution >= 0.6 is 15.9 Å². The van der Waals surface area contributed by atoms with Crippen LogP contribution in [0.1, 0.15) is 35.3 Å². The number of nitrogens with two attached hydrogens (primary N) is 1. The third-order valence-electron chi connectivity index (χ3n) is 6.58. The van der Waals surface area contributed by atoms with Gasteiger partial charge in [-0.1, -0.05) is 17.7 Å². The highest BCUT2D eigenvalue weighted by molar-refractivity contribution is 9.10. The maximum Gasteiger partial charge on any atom is 0.269 e. The van der Waals surface area contributed by atoms with Crippen LogP contribution in [0.4, 0.5) is 5.82 Å². The molecule has 9 nitrogen and oxygen atoms in total. The molecule has 2 aliphatic rings. The summed E-state index contributed by atoms with van der Waals surface area (Å²) < 4.78 is 2.12. The van der Waals surface area contributed by atoms with Gasteiger partial charge < -0.3 is 16.0 Å². The number of anilines is 1. The second kappa shape index (κ2) is 8.26. The minimum absolute atomic E-state index is 0.0448. The number of carbonyl (C=O) groups excluding carboxylic acids is 3. The number of rotatable bonds is 5. The van der Waals surface area contributed by atoms with Crippen molar-refractivity contribution in [3.05, 3.63) is 52.3 Å². The number of hydrogen-bond donors (Lipinski definition) is 2. The summed E-state index contributed by atoms with van der Waals surface area (Å²) in [7, 11) is 0. The van der Waals surface area contributed by atoms with E-state index in [2.05, 4.69) is 31.3 Å². The van der Waals surface area contributed by atoms with Crippen molar-refractivity contribution in [2.75, 3.05) is 5.32 Å². The molecule has 2 fully saturated rings. The van der Waals surface area contributed by atoms with Crippen LogP contribution in [0.15, 0.2) is 41.0 Å². The number of likely N-dealkylation sites (tertiary alicyclic amines) is 1. The number of halogens is 1. The van der Waals surface area contributed by atoms with Crippen molar-refractivity contribution in [1.29, 1.82) is 0 Å². The van der Waals surface area contributed by atoms with Crippen molar-refractivity contribution in [2.24, 2.45) is 11.7 Å². The van der Waals surface area contributed by atoms with Crippen LogP contribution in [0.2, 0.25) is 0 Å². The van der Waals surface area contributed by atoms with E-state index < -0.39 is 11.9 Å². The Balaban J connectivity index is 1.41. The number of fused-ring (bicyclic) bond motifs is 2. The fraction of sp³-hybridized carbons (Fsp3) is 0.348. The van der Waals surface area contributed by atoms with E-state index in [1.165, 1.54) is 4.68 Å². The van der Waals surface area contributed by atoms with Crippen molar-refractivity contribution in [3.8, 4) is 0 Å². The Morgan fingerprint density at radius 3 is 2.73 bits per heavy atom. The summed E-state index contributed by atoms with van der Waals surface area (Å²) in [4.78, 5) is 44.4. The molecule has 2 aromatic heterocycles. The number of pyridine rings is 1. The van der Waals surface area contributed by atoms with E-state index in [-0.39, 0.29) is 30.1 Å². The van der Waals surface area contributed by atoms with Crippen molar-refractivity contribution in [1.82, 2.24) is 19.7 Å². The van der Waals surface area contributed by atoms with E-state index in [1.807, 2.05) is 25.1 Å². The zero-order valence-corrected chi connectivity index (χ0v) is 19.6. The van der Waals surface area contributed by atoms with Gasteiger partial charge in [-0.25, -0.2) is 4.98 Å². The summed E-state index contributed by atoms with van der Waals surface area (Å²) in [5.41, 5.74) is 7.28. The number of carbonyl (C=O) groups is 3. The lowest BCUT2D eigenvalue weighted by Gasteiger charge is -2.37. The average molecular weight is 511 g/mol. The van der Waals surface area contributed by atoms with Crippen LogP contribution in [0, 0.1) is 12.8 Å². The molecule has 170 valence electrons. The highest BCUT2D eigenvalue weighted by atomic mass is 79.9. The van der Waals surface area contributed by atoms with Crippen LogP contribution in [-0.2, 0) is 16.1 Å². The maximum atomic E-state index is 13.5. The van der Waals surface area contributed by atoms with Gasteiger partial charge in [-0.05, 0) is 72.3 Å². The van der Waals surface area contributed by atoms with Crippen molar-refractivity contribution in [2.45, 2.75) is 44.8 Å². The fourth-order valence-electron chi connectivity index (χ4n) is 4.91. The van der Waals surface area contributed by atoms with Crippen LogP contribution in [0.25, 0.3) is 10.9 Å². The quantitative estimate of drug-likeness (QED) is 0.510. The van der Waals surface area contributed by atoms with Gasteiger partial charge in [-0.15, -0.1) is 0 Å². The normalized spacial score (nSPS) is 21.5. The van der Waals surface area contributed by atoms with E-state index in [4.69, 9.17) is 5.73 Å². The van der Waals surface area contributed by atoms with Crippen molar-refractivity contribution >= 4 is 50.4 Å². The first kappa shape index (κ1) is 21.6. The molecule has 3 aromatic rings. The van der Waals surface area contributed by atoms with Crippen molar-refractivity contribution in [3.63, 3.8) is 0 Å². The molecule has 1 saturated carbocycles. The third-order valence-corrected chi connectivity index (χ3v) is 7.02. The second-order valence-electron chi connectivity index (χ2n) is 8.68. The summed E-state index contributed by atoms with van der Waals surface area (Å²) in [5, 5.41) is 7.79. The molecule has 3 amide bonds. The Labute approximate surface area is 198 Å². The Morgan fingerprint density at radius 2 is 2.03 bits per heavy atom. The predicted molar refractivity (Wildman–Crippen MR) is 125 cm³/mol. The first-order valence-electron chi connectivity index (χ1n) is 10.8. The van der Waals surface area contributed by atoms with E-state index >= 15 is 0 Å². The van der Waals surface area contributed by atoms with E-state index in [1.54, 1.807) is 23.1 Å². The molecular weight excluding hydrogens is 488 g/mol. The van der Waals surface area contributed by atoms with Gasteiger partial charge in [-0.2, -0.15) is 5.10 Å². The van der Waals surface area contributed by atoms with Crippen molar-refractivity contribution < 1.29 is 14.4 Å². The fourth-order valence-corrected chi connectivity index (χ4v) is 5.25. The number of amides is 3. The lowest BCUT2D eigenvalue weighted by Crippen LogP contribution is -2.50. The molecule has 0 bridgehead atoms. The van der Waals surface area contributed by atoms with Gasteiger partial charge in [0.15, 0.2) is 5.69 Å². The van der Waals surface area contributed by atoms with Gasteiger partial charge in [0.05, 0.1) is 5.52 Å². The van der Waals surface area contributed by atoms with Gasteiger partial charge in [0.1, 0.15) is 23.0 Å². The molecule has 0 radical (unpaired) electrons. The SMILES string of the molecule is Cc1ccc2c(c1)c(C(N)=O)nn2CC(=O)N1C(C(=O)Nc2cccc(Br)n2)C[C@H]2CC[C@H]21. The van der Waals surface area contributed by atoms with E-state index in [9.17, 15) is 14.4 Å². The monoisotopic (exact) mass is 510 g/mol. The number of hydrogen-bond acceptors (Lipinski definition) is 5. The Morgan fingerprint density at radius 1 is 1.21 bits per heavy atom. The molecule has 1 aliphatic carbocycles. The molecule has 10 heteroatoms. The van der Waals surface area contributed by atoms with Crippen LogP contribution in [0.5, 0.6) is 0 Å². The molecule has 5 rings (SSSR count). The lowest BCUT2D eigenvalue weighted by atomic mass is 9.80. The molecule has 3 atom stereocenters. The molecule has 3 heterocycles. The van der Waals surface area contributed by atoms with Gasteiger partial charge in [0.25, 0.3) is 5.91 Å². The first-order valence-corrected chi connectivity index (χ1v) is 11.6. The average Bonchev–Trinajstić information content (AvgIpc) is 3.22. The van der Waals surface area contributed by atoms with Gasteiger partial charge in [0, 0.05) is 11.4 Å². The number of benzene rings is 1. The topological polar surface area (TPSA) is 123 Å². The maximum absolute atomic E-state index is 13.5. The lowest BCUT2D eigenvalue weighted by molar-refractivity contribution is -0.140. The summed E-state index contributed by atoms with van der Waals surface area (Å²) in [6.45, 7) is 1.84. The predicted octanol–water partition coefficient (Wildman–Crippen LogP) is 2.62. The molecule has 1 aromatic carbocycles. The summed E-state index contributed by atoms with van der Waals surface area (Å²) >= 11 is 3.30. The largest absolute Gasteiger partial charge is 0.364 e. The standard InChI is InChI=1S/C23H23BrN6O3/c1-12-5-7-16-14(9-12)21(22(25)32)28-29(16)11-20(31)30-15-8-6-13(15)10-17(30)23(33)27-19-4-2-3-18(24)26-19/h2-5,7,9,13,15,17H,6,8,10-11H2,1H3,(H2,25,32)(H,26,27,33)/t13-,15-,17?/m1/s1. The summed E-state index contributed by atoms with van der Waals surface area (Å²) in [5.74, 6) is -0.345. The molecule has 1 unspecified atom stereocenters. The number of nitrogens with one attached hydrogen (secondary N) is 1. The molecule has 3 N–H and O–H groups in total.